The Morgan fingerprint density at radius 1 is 2.00 bits per heavy atom. The zero-order valence-electron chi connectivity index (χ0n) is 4.84. The van der Waals surface area contributed by atoms with Crippen molar-refractivity contribution in [3.63, 3.8) is 0 Å². The van der Waals surface area contributed by atoms with Crippen LogP contribution < -0.4 is 0 Å². The highest BCUT2D eigenvalue weighted by molar-refractivity contribution is 5.57. The Hall–Kier alpha value is -0.600. The van der Waals surface area contributed by atoms with Crippen LogP contribution in [0.1, 0.15) is 0 Å². The summed E-state index contributed by atoms with van der Waals surface area (Å²) in [5.74, 6) is 0. The van der Waals surface area contributed by atoms with Gasteiger partial charge >= 0.3 is 0 Å². The van der Waals surface area contributed by atoms with Gasteiger partial charge in [0, 0.05) is 13.6 Å². The van der Waals surface area contributed by atoms with Crippen LogP contribution in [0.5, 0.6) is 0 Å². The van der Waals surface area contributed by atoms with Crippen molar-refractivity contribution < 1.29 is 4.39 Å². The average molecular weight is 116 g/mol. The molecule has 1 heterocycles. The first kappa shape index (κ1) is 5.54. The van der Waals surface area contributed by atoms with Crippen LogP contribution in [0, 0.1) is 0 Å². The standard InChI is InChI=1S/C5H9FN2/c1-8-3-5(2-6)7-4-8/h4-5H,2-3H2,1H3. The van der Waals surface area contributed by atoms with Crippen LogP contribution in [0.2, 0.25) is 0 Å². The minimum absolute atomic E-state index is 0.0972. The lowest BCUT2D eigenvalue weighted by molar-refractivity contribution is 0.399. The van der Waals surface area contributed by atoms with Gasteiger partial charge in [-0.2, -0.15) is 0 Å². The molecule has 0 aromatic rings. The number of hydrogen-bond acceptors (Lipinski definition) is 2. The Morgan fingerprint density at radius 2 is 2.75 bits per heavy atom. The van der Waals surface area contributed by atoms with Crippen molar-refractivity contribution in [2.45, 2.75) is 6.04 Å². The van der Waals surface area contributed by atoms with Gasteiger partial charge in [0.25, 0.3) is 0 Å². The molecule has 1 atom stereocenters. The fourth-order valence-electron chi connectivity index (χ4n) is 0.723. The van der Waals surface area contributed by atoms with Crippen molar-refractivity contribution in [1.29, 1.82) is 0 Å². The van der Waals surface area contributed by atoms with Gasteiger partial charge in [0.2, 0.25) is 0 Å². The third-order valence-corrected chi connectivity index (χ3v) is 1.15. The average Bonchev–Trinajstić information content (AvgIpc) is 2.14. The molecular formula is C5H9FN2. The molecule has 8 heavy (non-hydrogen) atoms. The predicted molar refractivity (Wildman–Crippen MR) is 30.9 cm³/mol. The highest BCUT2D eigenvalue weighted by Gasteiger charge is 2.12. The summed E-state index contributed by atoms with van der Waals surface area (Å²) in [7, 11) is 1.89. The van der Waals surface area contributed by atoms with Gasteiger partial charge in [0.15, 0.2) is 0 Å². The molecule has 0 fully saturated rings. The number of alkyl halides is 1. The maximum Gasteiger partial charge on any atom is 0.114 e. The third-order valence-electron chi connectivity index (χ3n) is 1.15. The Morgan fingerprint density at radius 3 is 3.00 bits per heavy atom. The summed E-state index contributed by atoms with van der Waals surface area (Å²) >= 11 is 0. The minimum Gasteiger partial charge on any atom is -0.364 e. The van der Waals surface area contributed by atoms with E-state index in [2.05, 4.69) is 4.99 Å². The summed E-state index contributed by atoms with van der Waals surface area (Å²) in [4.78, 5) is 5.74. The molecule has 0 aliphatic carbocycles. The molecule has 1 aliphatic heterocycles. The van der Waals surface area contributed by atoms with Gasteiger partial charge in [0.1, 0.15) is 6.67 Å². The quantitative estimate of drug-likeness (QED) is 0.481. The van der Waals surface area contributed by atoms with E-state index in [0.717, 1.165) is 6.54 Å². The minimum atomic E-state index is -0.332. The molecule has 0 amide bonds. The highest BCUT2D eigenvalue weighted by atomic mass is 19.1. The molecule has 46 valence electrons. The monoisotopic (exact) mass is 116 g/mol. The zero-order chi connectivity index (χ0) is 5.98. The van der Waals surface area contributed by atoms with Gasteiger partial charge in [-0.3, -0.25) is 4.99 Å². The Kier molecular flexibility index (Phi) is 1.46. The van der Waals surface area contributed by atoms with Gasteiger partial charge in [-0.05, 0) is 0 Å². The van der Waals surface area contributed by atoms with Crippen LogP contribution in [0.25, 0.3) is 0 Å². The number of likely N-dealkylation sites (N-methyl/N-ethyl adjacent to an activating group) is 1. The molecule has 0 bridgehead atoms. The maximum atomic E-state index is 11.7. The highest BCUT2D eigenvalue weighted by Crippen LogP contribution is 2.00. The Labute approximate surface area is 48.0 Å². The molecule has 0 N–H and O–H groups in total. The van der Waals surface area contributed by atoms with Crippen LogP contribution in [-0.4, -0.2) is 37.5 Å². The molecule has 0 aromatic heterocycles. The summed E-state index contributed by atoms with van der Waals surface area (Å²) in [6.07, 6.45) is 1.67. The second kappa shape index (κ2) is 2.11. The molecular weight excluding hydrogens is 107 g/mol. The van der Waals surface area contributed by atoms with Gasteiger partial charge in [-0.1, -0.05) is 0 Å². The maximum absolute atomic E-state index is 11.7. The van der Waals surface area contributed by atoms with Crippen molar-refractivity contribution in [3.8, 4) is 0 Å². The van der Waals surface area contributed by atoms with Crippen molar-refractivity contribution >= 4 is 6.34 Å². The third kappa shape index (κ3) is 0.967. The van der Waals surface area contributed by atoms with E-state index < -0.39 is 0 Å². The normalized spacial score (nSPS) is 27.2. The summed E-state index contributed by atoms with van der Waals surface area (Å²) < 4.78 is 11.7. The van der Waals surface area contributed by atoms with Gasteiger partial charge in [-0.15, -0.1) is 0 Å². The van der Waals surface area contributed by atoms with E-state index >= 15 is 0 Å². The summed E-state index contributed by atoms with van der Waals surface area (Å²) in [6, 6.07) is -0.0972. The van der Waals surface area contributed by atoms with E-state index in [9.17, 15) is 4.39 Å². The zero-order valence-corrected chi connectivity index (χ0v) is 4.84. The van der Waals surface area contributed by atoms with E-state index in [1.54, 1.807) is 6.34 Å². The van der Waals surface area contributed by atoms with Gasteiger partial charge in [-0.25, -0.2) is 4.39 Å². The summed E-state index contributed by atoms with van der Waals surface area (Å²) in [6.45, 7) is 0.400. The van der Waals surface area contributed by atoms with E-state index in [0.29, 0.717) is 0 Å². The number of nitrogens with zero attached hydrogens (tertiary/aromatic N) is 2. The van der Waals surface area contributed by atoms with Crippen LogP contribution in [0.3, 0.4) is 0 Å². The van der Waals surface area contributed by atoms with Crippen LogP contribution >= 0.6 is 0 Å². The molecule has 1 unspecified atom stereocenters. The molecule has 0 saturated heterocycles. The fourth-order valence-corrected chi connectivity index (χ4v) is 0.723. The summed E-state index contributed by atoms with van der Waals surface area (Å²) in [5, 5.41) is 0. The molecule has 3 heteroatoms. The van der Waals surface area contributed by atoms with Gasteiger partial charge < -0.3 is 4.90 Å². The molecule has 0 spiro atoms. The van der Waals surface area contributed by atoms with Crippen molar-refractivity contribution in [1.82, 2.24) is 4.90 Å². The topological polar surface area (TPSA) is 15.6 Å². The van der Waals surface area contributed by atoms with Crippen molar-refractivity contribution in [2.75, 3.05) is 20.3 Å². The smallest absolute Gasteiger partial charge is 0.114 e. The van der Waals surface area contributed by atoms with E-state index in [-0.39, 0.29) is 12.7 Å². The lowest BCUT2D eigenvalue weighted by Gasteiger charge is -2.05. The molecule has 0 saturated carbocycles. The first-order valence-corrected chi connectivity index (χ1v) is 2.62. The van der Waals surface area contributed by atoms with Crippen molar-refractivity contribution in [3.05, 3.63) is 0 Å². The molecule has 2 nitrogen and oxygen atoms in total. The molecule has 1 aliphatic rings. The number of halogens is 1. The SMILES string of the molecule is CN1C=NC(CF)C1. The number of aliphatic imine (C=N–C) groups is 1. The Bertz CT molecular complexity index is 103. The number of rotatable bonds is 1. The second-order valence-corrected chi connectivity index (χ2v) is 2.01. The predicted octanol–water partition coefficient (Wildman–Crippen LogP) is 0.298. The summed E-state index contributed by atoms with van der Waals surface area (Å²) in [5.41, 5.74) is 0. The Balaban J connectivity index is 2.34. The lowest BCUT2D eigenvalue weighted by Crippen LogP contribution is -2.19. The van der Waals surface area contributed by atoms with Gasteiger partial charge in [0.05, 0.1) is 12.4 Å². The lowest BCUT2D eigenvalue weighted by atomic mass is 10.3. The van der Waals surface area contributed by atoms with Crippen molar-refractivity contribution in [2.24, 2.45) is 4.99 Å². The molecule has 0 aromatic carbocycles. The fraction of sp³-hybridized carbons (Fsp3) is 0.800. The number of hydrogen-bond donors (Lipinski definition) is 0. The van der Waals surface area contributed by atoms with E-state index in [1.165, 1.54) is 0 Å². The van der Waals surface area contributed by atoms with Crippen LogP contribution in [0.4, 0.5) is 4.39 Å². The first-order chi connectivity index (χ1) is 3.83. The first-order valence-electron chi connectivity index (χ1n) is 2.62. The largest absolute Gasteiger partial charge is 0.364 e. The molecule has 1 rings (SSSR count). The molecule has 0 radical (unpaired) electrons. The second-order valence-electron chi connectivity index (χ2n) is 2.01. The van der Waals surface area contributed by atoms with Crippen LogP contribution in [-0.2, 0) is 0 Å². The van der Waals surface area contributed by atoms with E-state index in [4.69, 9.17) is 0 Å². The van der Waals surface area contributed by atoms with E-state index in [1.807, 2.05) is 11.9 Å². The van der Waals surface area contributed by atoms with Crippen LogP contribution in [0.15, 0.2) is 4.99 Å².